The van der Waals surface area contributed by atoms with Crippen LogP contribution in [0.15, 0.2) is 51.2 Å². The lowest BCUT2D eigenvalue weighted by Crippen LogP contribution is -2.19. The first-order valence-electron chi connectivity index (χ1n) is 6.67. The fourth-order valence-corrected chi connectivity index (χ4v) is 4.04. The minimum Gasteiger partial charge on any atom is -0.290 e. The molecule has 0 aliphatic rings. The van der Waals surface area contributed by atoms with Crippen molar-refractivity contribution in [3.63, 3.8) is 0 Å². The highest BCUT2D eigenvalue weighted by Gasteiger charge is 2.15. The predicted octanol–water partition coefficient (Wildman–Crippen LogP) is 4.65. The van der Waals surface area contributed by atoms with Crippen LogP contribution in [0, 0.1) is 5.82 Å². The van der Waals surface area contributed by atoms with E-state index in [9.17, 15) is 9.18 Å². The average molecular weight is 367 g/mol. The summed E-state index contributed by atoms with van der Waals surface area (Å²) in [4.78, 5) is 17.9. The maximum absolute atomic E-state index is 13.1. The van der Waals surface area contributed by atoms with E-state index in [1.807, 2.05) is 5.38 Å². The summed E-state index contributed by atoms with van der Waals surface area (Å²) in [6.07, 6.45) is 0. The van der Waals surface area contributed by atoms with Crippen molar-refractivity contribution < 1.29 is 4.39 Å². The number of fused-ring (bicyclic) bond motifs is 1. The largest absolute Gasteiger partial charge is 0.290 e. The normalized spacial score (nSPS) is 11.1. The number of thiophene rings is 1. The van der Waals surface area contributed by atoms with Gasteiger partial charge in [-0.25, -0.2) is 9.37 Å². The van der Waals surface area contributed by atoms with Crippen LogP contribution >= 0.6 is 34.7 Å². The number of rotatable bonds is 4. The smallest absolute Gasteiger partial charge is 0.263 e. The van der Waals surface area contributed by atoms with Crippen LogP contribution in [0.25, 0.3) is 21.3 Å². The first-order valence-corrected chi connectivity index (χ1v) is 8.92. The summed E-state index contributed by atoms with van der Waals surface area (Å²) >= 11 is 8.54. The fourth-order valence-electron chi connectivity index (χ4n) is 2.17. The van der Waals surface area contributed by atoms with E-state index in [1.54, 1.807) is 19.2 Å². The van der Waals surface area contributed by atoms with Gasteiger partial charge in [0.2, 0.25) is 0 Å². The number of aromatic nitrogens is 2. The van der Waals surface area contributed by atoms with Gasteiger partial charge in [0.1, 0.15) is 10.6 Å². The maximum atomic E-state index is 13.1. The van der Waals surface area contributed by atoms with Gasteiger partial charge in [-0.3, -0.25) is 9.36 Å². The van der Waals surface area contributed by atoms with Crippen LogP contribution < -0.4 is 5.56 Å². The number of nitrogens with zero attached hydrogens (tertiary/aromatic N) is 2. The Labute approximate surface area is 145 Å². The van der Waals surface area contributed by atoms with Crippen molar-refractivity contribution in [3.8, 4) is 11.1 Å². The zero-order valence-corrected chi connectivity index (χ0v) is 14.6. The summed E-state index contributed by atoms with van der Waals surface area (Å²) in [5.74, 6) is 0.183. The number of hydrogen-bond acceptors (Lipinski definition) is 4. The summed E-state index contributed by atoms with van der Waals surface area (Å²) in [6.45, 7) is 3.64. The van der Waals surface area contributed by atoms with Gasteiger partial charge in [0.15, 0.2) is 5.16 Å². The monoisotopic (exact) mass is 366 g/mol. The Hall–Kier alpha value is -1.63. The molecular formula is C16H12ClFN2OS2. The molecule has 1 aromatic carbocycles. The number of hydrogen-bond donors (Lipinski definition) is 0. The minimum absolute atomic E-state index is 0.127. The van der Waals surface area contributed by atoms with Crippen LogP contribution in [-0.4, -0.2) is 15.3 Å². The van der Waals surface area contributed by atoms with Crippen molar-refractivity contribution in [2.45, 2.75) is 5.16 Å². The van der Waals surface area contributed by atoms with Gasteiger partial charge in [-0.05, 0) is 17.7 Å². The molecule has 2 heterocycles. The van der Waals surface area contributed by atoms with Crippen LogP contribution in [0.4, 0.5) is 4.39 Å². The van der Waals surface area contributed by atoms with E-state index in [0.717, 1.165) is 11.1 Å². The van der Waals surface area contributed by atoms with Crippen LogP contribution in [0.5, 0.6) is 0 Å². The lowest BCUT2D eigenvalue weighted by molar-refractivity contribution is 0.628. The molecule has 3 aromatic rings. The summed E-state index contributed by atoms with van der Waals surface area (Å²) in [6, 6.07) is 6.09. The van der Waals surface area contributed by atoms with E-state index in [4.69, 9.17) is 11.6 Å². The van der Waals surface area contributed by atoms with Crippen molar-refractivity contribution in [1.82, 2.24) is 9.55 Å². The first kappa shape index (κ1) is 16.2. The molecule has 0 spiro atoms. The molecular weight excluding hydrogens is 355 g/mol. The molecule has 2 aromatic heterocycles. The molecule has 118 valence electrons. The maximum Gasteiger partial charge on any atom is 0.263 e. The van der Waals surface area contributed by atoms with Gasteiger partial charge in [-0.15, -0.1) is 11.3 Å². The van der Waals surface area contributed by atoms with Gasteiger partial charge in [0.25, 0.3) is 5.56 Å². The number of benzene rings is 1. The minimum atomic E-state index is -0.306. The Morgan fingerprint density at radius 3 is 2.78 bits per heavy atom. The van der Waals surface area contributed by atoms with E-state index >= 15 is 0 Å². The molecule has 0 saturated heterocycles. The van der Waals surface area contributed by atoms with Gasteiger partial charge in [0, 0.05) is 28.8 Å². The van der Waals surface area contributed by atoms with E-state index < -0.39 is 0 Å². The zero-order valence-electron chi connectivity index (χ0n) is 12.2. The molecule has 0 fully saturated rings. The predicted molar refractivity (Wildman–Crippen MR) is 96.0 cm³/mol. The molecule has 0 aliphatic carbocycles. The molecule has 0 radical (unpaired) electrons. The molecule has 7 heteroatoms. The Balaban J connectivity index is 2.14. The van der Waals surface area contributed by atoms with Gasteiger partial charge in [-0.2, -0.15) is 0 Å². The quantitative estimate of drug-likeness (QED) is 0.498. The molecule has 0 unspecified atom stereocenters. The van der Waals surface area contributed by atoms with Gasteiger partial charge >= 0.3 is 0 Å². The molecule has 0 aliphatic heterocycles. The van der Waals surface area contributed by atoms with Gasteiger partial charge < -0.3 is 0 Å². The topological polar surface area (TPSA) is 34.9 Å². The lowest BCUT2D eigenvalue weighted by atomic mass is 10.1. The molecule has 0 amide bonds. The van der Waals surface area contributed by atoms with Crippen LogP contribution in [0.2, 0.25) is 0 Å². The van der Waals surface area contributed by atoms with Crippen molar-refractivity contribution in [2.75, 3.05) is 5.75 Å². The first-order chi connectivity index (χ1) is 11.0. The molecule has 3 nitrogen and oxygen atoms in total. The Kier molecular flexibility index (Phi) is 4.57. The Morgan fingerprint density at radius 1 is 1.43 bits per heavy atom. The summed E-state index contributed by atoms with van der Waals surface area (Å²) in [5, 5.41) is 3.53. The summed E-state index contributed by atoms with van der Waals surface area (Å²) in [7, 11) is 1.68. The summed E-state index contributed by atoms with van der Waals surface area (Å²) < 4.78 is 14.6. The van der Waals surface area contributed by atoms with E-state index in [0.29, 0.717) is 26.2 Å². The molecule has 3 rings (SSSR count). The van der Waals surface area contributed by atoms with Gasteiger partial charge in [0.05, 0.1) is 5.39 Å². The van der Waals surface area contributed by atoms with Crippen molar-refractivity contribution in [1.29, 1.82) is 0 Å². The third-order valence-corrected chi connectivity index (χ3v) is 5.57. The molecule has 0 N–H and O–H groups in total. The Bertz CT molecular complexity index is 947. The average Bonchev–Trinajstić information content (AvgIpc) is 2.94. The lowest BCUT2D eigenvalue weighted by Gasteiger charge is -2.07. The van der Waals surface area contributed by atoms with Crippen molar-refractivity contribution in [3.05, 3.63) is 57.4 Å². The molecule has 0 bridgehead atoms. The number of thioether (sulfide) groups is 1. The Morgan fingerprint density at radius 2 is 2.13 bits per heavy atom. The van der Waals surface area contributed by atoms with E-state index in [1.165, 1.54) is 39.8 Å². The molecule has 0 atom stereocenters. The third kappa shape index (κ3) is 3.20. The van der Waals surface area contributed by atoms with Gasteiger partial charge in [-0.1, -0.05) is 42.1 Å². The van der Waals surface area contributed by atoms with Crippen molar-refractivity contribution >= 4 is 44.9 Å². The van der Waals surface area contributed by atoms with Crippen LogP contribution in [0.3, 0.4) is 0 Å². The highest BCUT2D eigenvalue weighted by molar-refractivity contribution is 7.99. The van der Waals surface area contributed by atoms with Crippen LogP contribution in [-0.2, 0) is 7.05 Å². The molecule has 23 heavy (non-hydrogen) atoms. The number of halogens is 2. The second-order valence-electron chi connectivity index (χ2n) is 4.90. The van der Waals surface area contributed by atoms with E-state index in [-0.39, 0.29) is 11.4 Å². The summed E-state index contributed by atoms with van der Waals surface area (Å²) in [5.41, 5.74) is 1.45. The fraction of sp³-hybridized carbons (Fsp3) is 0.125. The zero-order chi connectivity index (χ0) is 16.6. The third-order valence-electron chi connectivity index (χ3n) is 3.29. The van der Waals surface area contributed by atoms with Crippen molar-refractivity contribution in [2.24, 2.45) is 7.05 Å². The van der Waals surface area contributed by atoms with E-state index in [2.05, 4.69) is 11.6 Å². The highest BCUT2D eigenvalue weighted by Crippen LogP contribution is 2.32. The standard InChI is InChI=1S/C16H12ClFN2OS2/c1-9(17)7-23-16-19-14-13(15(21)20(16)2)12(8-22-14)10-3-5-11(18)6-4-10/h3-6,8H,1,7H2,2H3. The molecule has 0 saturated carbocycles. The van der Waals surface area contributed by atoms with Crippen LogP contribution in [0.1, 0.15) is 0 Å². The highest BCUT2D eigenvalue weighted by atomic mass is 35.5. The SMILES string of the molecule is C=C(Cl)CSc1nc2scc(-c3ccc(F)cc3)c2c(=O)n1C. The second kappa shape index (κ2) is 6.47. The second-order valence-corrected chi connectivity index (χ2v) is 7.24.